The molecule has 0 aliphatic rings. The zero-order valence-electron chi connectivity index (χ0n) is 15.4. The maximum absolute atomic E-state index is 12.7. The Kier molecular flexibility index (Phi) is 6.95. The molecule has 2 aromatic rings. The van der Waals surface area contributed by atoms with Crippen molar-refractivity contribution in [3.63, 3.8) is 0 Å². The maximum Gasteiger partial charge on any atom is 0.308 e. The molecule has 0 saturated carbocycles. The topological polar surface area (TPSA) is 82.8 Å². The molecule has 0 atom stereocenters. The molecule has 0 saturated heterocycles. The second-order valence-electron chi connectivity index (χ2n) is 6.08. The lowest BCUT2D eigenvalue weighted by molar-refractivity contribution is -0.143. The van der Waals surface area contributed by atoms with Crippen molar-refractivity contribution >= 4 is 22.9 Å². The zero-order chi connectivity index (χ0) is 19.1. The Morgan fingerprint density at radius 2 is 1.92 bits per heavy atom. The SMILES string of the molecule is CCOC(=O)CCCCCc1c(C)oc2cc(OC(C)=O)ccc2c1=O. The summed E-state index contributed by atoms with van der Waals surface area (Å²) in [6.07, 6.45) is 3.36. The van der Waals surface area contributed by atoms with Crippen molar-refractivity contribution in [1.29, 1.82) is 0 Å². The zero-order valence-corrected chi connectivity index (χ0v) is 15.4. The van der Waals surface area contributed by atoms with Gasteiger partial charge in [-0.25, -0.2) is 0 Å². The highest BCUT2D eigenvalue weighted by Crippen LogP contribution is 2.22. The Labute approximate surface area is 152 Å². The van der Waals surface area contributed by atoms with Crippen LogP contribution in [0.1, 0.15) is 50.9 Å². The fourth-order valence-corrected chi connectivity index (χ4v) is 2.82. The molecule has 0 aliphatic heterocycles. The predicted molar refractivity (Wildman–Crippen MR) is 97.3 cm³/mol. The van der Waals surface area contributed by atoms with Gasteiger partial charge in [-0.3, -0.25) is 14.4 Å². The lowest BCUT2D eigenvalue weighted by Gasteiger charge is -2.08. The molecule has 0 unspecified atom stereocenters. The van der Waals surface area contributed by atoms with Crippen LogP contribution < -0.4 is 10.2 Å². The number of carbonyl (C=O) groups excluding carboxylic acids is 2. The number of esters is 2. The first kappa shape index (κ1) is 19.7. The molecule has 0 bridgehead atoms. The summed E-state index contributed by atoms with van der Waals surface area (Å²) in [5, 5.41) is 0.466. The highest BCUT2D eigenvalue weighted by Gasteiger charge is 2.13. The van der Waals surface area contributed by atoms with E-state index in [1.165, 1.54) is 6.92 Å². The van der Waals surface area contributed by atoms with Crippen LogP contribution in [-0.4, -0.2) is 18.5 Å². The molecule has 0 N–H and O–H groups in total. The Morgan fingerprint density at radius 1 is 1.15 bits per heavy atom. The van der Waals surface area contributed by atoms with Gasteiger partial charge in [0.2, 0.25) is 0 Å². The van der Waals surface area contributed by atoms with E-state index in [-0.39, 0.29) is 11.4 Å². The first-order valence-corrected chi connectivity index (χ1v) is 8.82. The fourth-order valence-electron chi connectivity index (χ4n) is 2.82. The Bertz CT molecular complexity index is 849. The van der Waals surface area contributed by atoms with Crippen LogP contribution in [0.15, 0.2) is 27.4 Å². The molecule has 0 aliphatic carbocycles. The van der Waals surface area contributed by atoms with Crippen molar-refractivity contribution in [2.45, 2.75) is 52.9 Å². The van der Waals surface area contributed by atoms with Crippen LogP contribution in [0.5, 0.6) is 5.75 Å². The van der Waals surface area contributed by atoms with Gasteiger partial charge in [-0.05, 0) is 45.2 Å². The summed E-state index contributed by atoms with van der Waals surface area (Å²) in [5.41, 5.74) is 0.981. The third kappa shape index (κ3) is 5.18. The van der Waals surface area contributed by atoms with Crippen LogP contribution in [0, 0.1) is 6.92 Å². The molecule has 26 heavy (non-hydrogen) atoms. The molecule has 1 heterocycles. The lowest BCUT2D eigenvalue weighted by Crippen LogP contribution is -2.12. The number of unbranched alkanes of at least 4 members (excludes halogenated alkanes) is 2. The van der Waals surface area contributed by atoms with Gasteiger partial charge in [0.1, 0.15) is 17.1 Å². The lowest BCUT2D eigenvalue weighted by atomic mass is 10.0. The van der Waals surface area contributed by atoms with Crippen LogP contribution in [0.3, 0.4) is 0 Å². The first-order chi connectivity index (χ1) is 12.4. The summed E-state index contributed by atoms with van der Waals surface area (Å²) in [4.78, 5) is 35.0. The molecule has 6 heteroatoms. The minimum atomic E-state index is -0.428. The minimum absolute atomic E-state index is 0.0662. The van der Waals surface area contributed by atoms with Gasteiger partial charge in [-0.2, -0.15) is 0 Å². The Morgan fingerprint density at radius 3 is 2.62 bits per heavy atom. The van der Waals surface area contributed by atoms with Gasteiger partial charge in [0.05, 0.1) is 12.0 Å². The predicted octanol–water partition coefficient (Wildman–Crippen LogP) is 3.69. The average Bonchev–Trinajstić information content (AvgIpc) is 2.56. The number of rotatable bonds is 8. The highest BCUT2D eigenvalue weighted by molar-refractivity contribution is 5.80. The number of benzene rings is 1. The molecule has 0 radical (unpaired) electrons. The van der Waals surface area contributed by atoms with Crippen LogP contribution in [0.2, 0.25) is 0 Å². The number of hydrogen-bond donors (Lipinski definition) is 0. The van der Waals surface area contributed by atoms with Gasteiger partial charge in [-0.15, -0.1) is 0 Å². The van der Waals surface area contributed by atoms with Crippen molar-refractivity contribution in [3.8, 4) is 5.75 Å². The van der Waals surface area contributed by atoms with Crippen LogP contribution >= 0.6 is 0 Å². The molecule has 6 nitrogen and oxygen atoms in total. The van der Waals surface area contributed by atoms with Crippen LogP contribution in [-0.2, 0) is 20.7 Å². The largest absolute Gasteiger partial charge is 0.466 e. The molecule has 2 rings (SSSR count). The molecule has 0 spiro atoms. The smallest absolute Gasteiger partial charge is 0.308 e. The molecule has 0 amide bonds. The van der Waals surface area contributed by atoms with Crippen molar-refractivity contribution in [1.82, 2.24) is 0 Å². The number of aryl methyl sites for hydroxylation is 1. The van der Waals surface area contributed by atoms with Gasteiger partial charge >= 0.3 is 11.9 Å². The van der Waals surface area contributed by atoms with Crippen molar-refractivity contribution < 1.29 is 23.5 Å². The third-order valence-electron chi connectivity index (χ3n) is 4.03. The molecular weight excluding hydrogens is 336 g/mol. The molecule has 140 valence electrons. The van der Waals surface area contributed by atoms with Crippen molar-refractivity contribution in [3.05, 3.63) is 39.7 Å². The molecular formula is C20H24O6. The van der Waals surface area contributed by atoms with E-state index in [4.69, 9.17) is 13.9 Å². The first-order valence-electron chi connectivity index (χ1n) is 8.82. The molecule has 1 aromatic carbocycles. The van der Waals surface area contributed by atoms with E-state index in [1.54, 1.807) is 32.0 Å². The summed E-state index contributed by atoms with van der Waals surface area (Å²) in [6.45, 7) is 5.26. The Hall–Kier alpha value is -2.63. The standard InChI is InChI=1S/C20H24O6/c1-4-24-19(22)9-7-5-6-8-16-13(2)25-18-12-15(26-14(3)21)10-11-17(18)20(16)23/h10-12H,4-9H2,1-3H3. The third-order valence-corrected chi connectivity index (χ3v) is 4.03. The van der Waals surface area contributed by atoms with Gasteiger partial charge in [-0.1, -0.05) is 6.42 Å². The molecule has 1 aromatic heterocycles. The summed E-state index contributed by atoms with van der Waals surface area (Å²) in [6, 6.07) is 4.75. The summed E-state index contributed by atoms with van der Waals surface area (Å²) in [7, 11) is 0. The second-order valence-corrected chi connectivity index (χ2v) is 6.08. The van der Waals surface area contributed by atoms with Crippen LogP contribution in [0.4, 0.5) is 0 Å². The monoisotopic (exact) mass is 360 g/mol. The van der Waals surface area contributed by atoms with Gasteiger partial charge in [0, 0.05) is 25.0 Å². The van der Waals surface area contributed by atoms with E-state index < -0.39 is 5.97 Å². The van der Waals surface area contributed by atoms with Gasteiger partial charge in [0.25, 0.3) is 0 Å². The van der Waals surface area contributed by atoms with Gasteiger partial charge in [0.15, 0.2) is 5.43 Å². The number of ether oxygens (including phenoxy) is 2. The van der Waals surface area contributed by atoms with Crippen molar-refractivity contribution in [2.75, 3.05) is 6.61 Å². The van der Waals surface area contributed by atoms with E-state index in [0.717, 1.165) is 19.3 Å². The normalized spacial score (nSPS) is 10.7. The summed E-state index contributed by atoms with van der Waals surface area (Å²) < 4.78 is 15.7. The number of hydrogen-bond acceptors (Lipinski definition) is 6. The summed E-state index contributed by atoms with van der Waals surface area (Å²) in [5.74, 6) is 0.299. The second kappa shape index (κ2) is 9.17. The van der Waals surface area contributed by atoms with E-state index in [2.05, 4.69) is 0 Å². The number of fused-ring (bicyclic) bond motifs is 1. The fraction of sp³-hybridized carbons (Fsp3) is 0.450. The van der Waals surface area contributed by atoms with E-state index >= 15 is 0 Å². The van der Waals surface area contributed by atoms with E-state index in [9.17, 15) is 14.4 Å². The van der Waals surface area contributed by atoms with Gasteiger partial charge < -0.3 is 13.9 Å². The minimum Gasteiger partial charge on any atom is -0.466 e. The van der Waals surface area contributed by atoms with E-state index in [1.807, 2.05) is 0 Å². The summed E-state index contributed by atoms with van der Waals surface area (Å²) >= 11 is 0. The average molecular weight is 360 g/mol. The van der Waals surface area contributed by atoms with E-state index in [0.29, 0.717) is 47.5 Å². The van der Waals surface area contributed by atoms with Crippen molar-refractivity contribution in [2.24, 2.45) is 0 Å². The Balaban J connectivity index is 2.05. The molecule has 0 fully saturated rings. The number of carbonyl (C=O) groups is 2. The highest BCUT2D eigenvalue weighted by atomic mass is 16.5. The maximum atomic E-state index is 12.7. The quantitative estimate of drug-likeness (QED) is 0.406. The van der Waals surface area contributed by atoms with Crippen LogP contribution in [0.25, 0.3) is 11.0 Å².